The van der Waals surface area contributed by atoms with Crippen LogP contribution >= 0.6 is 0 Å². The van der Waals surface area contributed by atoms with Gasteiger partial charge in [-0.3, -0.25) is 0 Å². The molecule has 0 unspecified atom stereocenters. The van der Waals surface area contributed by atoms with Crippen molar-refractivity contribution in [2.75, 3.05) is 0 Å². The Labute approximate surface area is 300 Å². The molecule has 0 saturated carbocycles. The summed E-state index contributed by atoms with van der Waals surface area (Å²) in [6, 6.07) is 67.0. The topological polar surface area (TPSA) is 9.86 Å². The van der Waals surface area contributed by atoms with Gasteiger partial charge in [0.1, 0.15) is 0 Å². The van der Waals surface area contributed by atoms with Gasteiger partial charge in [0.25, 0.3) is 0 Å². The van der Waals surface area contributed by atoms with Crippen LogP contribution in [0.3, 0.4) is 0 Å². The first-order chi connectivity index (χ1) is 25.3. The molecule has 51 heavy (non-hydrogen) atoms. The maximum atomic E-state index is 2.48. The fourth-order valence-corrected chi connectivity index (χ4v) is 10.5. The molecule has 11 rings (SSSR count). The Morgan fingerprint density at radius 2 is 0.804 bits per heavy atom. The van der Waals surface area contributed by atoms with E-state index in [2.05, 4.69) is 191 Å². The summed E-state index contributed by atoms with van der Waals surface area (Å²) >= 11 is 0.349. The number of benzene rings is 8. The van der Waals surface area contributed by atoms with E-state index in [-0.39, 0.29) is 0 Å². The number of aromatic nitrogens is 2. The van der Waals surface area contributed by atoms with Gasteiger partial charge in [0.05, 0.1) is 0 Å². The van der Waals surface area contributed by atoms with Crippen molar-refractivity contribution in [3.05, 3.63) is 182 Å². The number of hydrogen-bond acceptors (Lipinski definition) is 0. The van der Waals surface area contributed by atoms with Gasteiger partial charge in [-0.2, -0.15) is 0 Å². The molecule has 0 N–H and O–H groups in total. The molecule has 0 fully saturated rings. The van der Waals surface area contributed by atoms with Crippen LogP contribution in [-0.4, -0.2) is 23.6 Å². The van der Waals surface area contributed by atoms with Crippen molar-refractivity contribution in [2.24, 2.45) is 0 Å². The van der Waals surface area contributed by atoms with Gasteiger partial charge in [0, 0.05) is 0 Å². The zero-order valence-electron chi connectivity index (χ0n) is 27.6. The van der Waals surface area contributed by atoms with Crippen molar-refractivity contribution in [2.45, 2.75) is 0 Å². The van der Waals surface area contributed by atoms with Crippen molar-refractivity contribution in [1.29, 1.82) is 0 Å². The first kappa shape index (κ1) is 28.7. The van der Waals surface area contributed by atoms with E-state index in [0.717, 1.165) is 5.69 Å². The first-order valence-corrected chi connectivity index (χ1v) is 19.1. The number of para-hydroxylation sites is 2. The van der Waals surface area contributed by atoms with Crippen LogP contribution in [0.5, 0.6) is 0 Å². The van der Waals surface area contributed by atoms with E-state index >= 15 is 0 Å². The van der Waals surface area contributed by atoms with Crippen molar-refractivity contribution in [1.82, 2.24) is 9.13 Å². The molecule has 0 aliphatic heterocycles. The second kappa shape index (κ2) is 11.2. The Morgan fingerprint density at radius 1 is 0.294 bits per heavy atom. The molecule has 3 heteroatoms. The second-order valence-corrected chi connectivity index (χ2v) is 15.6. The van der Waals surface area contributed by atoms with Crippen molar-refractivity contribution >= 4 is 77.4 Å². The van der Waals surface area contributed by atoms with Crippen LogP contribution in [0.15, 0.2) is 182 Å². The summed E-state index contributed by atoms with van der Waals surface area (Å²) in [5.74, 6) is 0. The van der Waals surface area contributed by atoms with E-state index in [1.54, 1.807) is 0 Å². The third-order valence-corrected chi connectivity index (χ3v) is 12.9. The Hall–Kier alpha value is -6.12. The van der Waals surface area contributed by atoms with E-state index in [1.807, 2.05) is 0 Å². The SMILES string of the molecule is c1ccc(-c2ccc(-c3cccc(-n4c5ccccc5c5c6c7ccccc7n(-c7ccc8[se]c9ccccc9c8c7)c6ccc54)c3)cc2)cc1. The summed E-state index contributed by atoms with van der Waals surface area (Å²) in [5.41, 5.74) is 12.1. The third-order valence-electron chi connectivity index (χ3n) is 10.5. The van der Waals surface area contributed by atoms with Gasteiger partial charge in [0.15, 0.2) is 0 Å². The molecule has 2 nitrogen and oxygen atoms in total. The summed E-state index contributed by atoms with van der Waals surface area (Å²) in [5, 5.41) is 7.90. The van der Waals surface area contributed by atoms with E-state index in [1.165, 1.54) is 90.8 Å². The molecule has 0 radical (unpaired) electrons. The quantitative estimate of drug-likeness (QED) is 0.161. The van der Waals surface area contributed by atoms with Crippen molar-refractivity contribution in [3.63, 3.8) is 0 Å². The minimum Gasteiger partial charge on any atom is -0.0617 e. The number of hydrogen-bond donors (Lipinski definition) is 0. The number of nitrogens with zero attached hydrogens (tertiary/aromatic N) is 2. The molecule has 0 amide bonds. The monoisotopic (exact) mass is 714 g/mol. The predicted molar refractivity (Wildman–Crippen MR) is 218 cm³/mol. The summed E-state index contributed by atoms with van der Waals surface area (Å²) in [6.07, 6.45) is 0. The van der Waals surface area contributed by atoms with Crippen LogP contribution in [0, 0.1) is 0 Å². The molecule has 11 aromatic rings. The zero-order valence-corrected chi connectivity index (χ0v) is 29.3. The van der Waals surface area contributed by atoms with E-state index in [4.69, 9.17) is 0 Å². The molecule has 0 aliphatic carbocycles. The molecule has 3 heterocycles. The molecule has 0 saturated heterocycles. The summed E-state index contributed by atoms with van der Waals surface area (Å²) in [7, 11) is 0. The van der Waals surface area contributed by atoms with Crippen LogP contribution in [-0.2, 0) is 0 Å². The van der Waals surface area contributed by atoms with Gasteiger partial charge in [-0.25, -0.2) is 0 Å². The molecule has 0 spiro atoms. The van der Waals surface area contributed by atoms with Crippen molar-refractivity contribution in [3.8, 4) is 33.6 Å². The van der Waals surface area contributed by atoms with Crippen LogP contribution in [0.4, 0.5) is 0 Å². The van der Waals surface area contributed by atoms with E-state index in [0.29, 0.717) is 14.5 Å². The Kier molecular flexibility index (Phi) is 6.30. The minimum atomic E-state index is 0.349. The molecule has 0 atom stereocenters. The van der Waals surface area contributed by atoms with Crippen LogP contribution in [0.25, 0.3) is 96.5 Å². The summed E-state index contributed by atoms with van der Waals surface area (Å²) in [4.78, 5) is 0. The van der Waals surface area contributed by atoms with Gasteiger partial charge >= 0.3 is 213 Å². The van der Waals surface area contributed by atoms with Crippen LogP contribution < -0.4 is 0 Å². The van der Waals surface area contributed by atoms with Crippen LogP contribution in [0.2, 0.25) is 0 Å². The predicted octanol–water partition coefficient (Wildman–Crippen LogP) is 12.6. The first-order valence-electron chi connectivity index (χ1n) is 17.4. The third kappa shape index (κ3) is 4.36. The number of rotatable bonds is 4. The fraction of sp³-hybridized carbons (Fsp3) is 0. The fourth-order valence-electron chi connectivity index (χ4n) is 8.24. The average molecular weight is 714 g/mol. The standard InChI is InChI=1S/C48H30N2Se/c1-2-11-31(12-3-1)32-21-23-33(24-22-32)34-13-10-14-35(29-34)49-41-18-7-4-16-38(41)47-43(49)26-27-44-48(47)39-17-5-8-19-42(39)50(44)36-25-28-46-40(30-36)37-15-6-9-20-45(37)51-46/h1-30H. The number of fused-ring (bicyclic) bond motifs is 10. The minimum absolute atomic E-state index is 0.349. The van der Waals surface area contributed by atoms with Gasteiger partial charge in [-0.05, 0) is 22.3 Å². The average Bonchev–Trinajstić information content (AvgIpc) is 3.85. The molecule has 3 aromatic heterocycles. The Balaban J connectivity index is 1.13. The Morgan fingerprint density at radius 3 is 1.49 bits per heavy atom. The van der Waals surface area contributed by atoms with Gasteiger partial charge in [0.2, 0.25) is 0 Å². The molecule has 238 valence electrons. The maximum absolute atomic E-state index is 2.48. The summed E-state index contributed by atoms with van der Waals surface area (Å²) < 4.78 is 7.87. The van der Waals surface area contributed by atoms with E-state index < -0.39 is 0 Å². The smallest absolute Gasteiger partial charge is 0.0617 e. The van der Waals surface area contributed by atoms with Crippen LogP contribution in [0.1, 0.15) is 0 Å². The second-order valence-electron chi connectivity index (χ2n) is 13.3. The van der Waals surface area contributed by atoms with E-state index in [9.17, 15) is 0 Å². The molecule has 8 aromatic carbocycles. The van der Waals surface area contributed by atoms with Gasteiger partial charge < -0.3 is 0 Å². The molecular weight excluding hydrogens is 684 g/mol. The summed E-state index contributed by atoms with van der Waals surface area (Å²) in [6.45, 7) is 0. The van der Waals surface area contributed by atoms with Gasteiger partial charge in [-0.15, -0.1) is 0 Å². The zero-order chi connectivity index (χ0) is 33.5. The Bertz CT molecular complexity index is 3120. The normalized spacial score (nSPS) is 11.9. The van der Waals surface area contributed by atoms with Gasteiger partial charge in [-0.1, -0.05) is 66.7 Å². The molecule has 0 bridgehead atoms. The molecule has 0 aliphatic rings. The molecular formula is C48H30N2Se. The van der Waals surface area contributed by atoms with Crippen molar-refractivity contribution < 1.29 is 0 Å².